The Labute approximate surface area is 194 Å². The molecule has 0 bridgehead atoms. The topological polar surface area (TPSA) is 71.0 Å². The van der Waals surface area contributed by atoms with Gasteiger partial charge in [-0.25, -0.2) is 26.7 Å². The lowest BCUT2D eigenvalue weighted by Gasteiger charge is -2.50. The lowest BCUT2D eigenvalue weighted by molar-refractivity contribution is -0.0781. The highest BCUT2D eigenvalue weighted by Gasteiger charge is 2.44. The summed E-state index contributed by atoms with van der Waals surface area (Å²) < 4.78 is 81.3. The summed E-state index contributed by atoms with van der Waals surface area (Å²) in [7, 11) is 0. The van der Waals surface area contributed by atoms with E-state index in [0.29, 0.717) is 25.0 Å². The van der Waals surface area contributed by atoms with Crippen LogP contribution in [0.15, 0.2) is 12.3 Å². The number of ether oxygens (including phenoxy) is 2. The third-order valence-electron chi connectivity index (χ3n) is 6.38. The smallest absolute Gasteiger partial charge is 0.404 e. The standard InChI is InChI=1S/C23H29F5N2O4/c1-12-9-33-15(34-12)8-30(7-14-16(24)18(26)20(28)19(27)17(14)25)13-5-22(2,3)10-23(4,6-13)11-29-21(31)32/h13,15,29H,1,5-11H2,2-4H3,(H,31,32). The minimum atomic E-state index is -2.21. The van der Waals surface area contributed by atoms with Crippen molar-refractivity contribution in [3.63, 3.8) is 0 Å². The van der Waals surface area contributed by atoms with Gasteiger partial charge in [-0.1, -0.05) is 27.4 Å². The van der Waals surface area contributed by atoms with Crippen LogP contribution in [-0.4, -0.2) is 48.1 Å². The van der Waals surface area contributed by atoms with E-state index in [1.54, 1.807) is 4.90 Å². The summed E-state index contributed by atoms with van der Waals surface area (Å²) in [5.74, 6) is -9.63. The Hall–Kier alpha value is -2.40. The van der Waals surface area contributed by atoms with Crippen molar-refractivity contribution in [1.29, 1.82) is 0 Å². The Morgan fingerprint density at radius 1 is 1.09 bits per heavy atom. The molecule has 2 aliphatic rings. The van der Waals surface area contributed by atoms with Gasteiger partial charge >= 0.3 is 6.09 Å². The van der Waals surface area contributed by atoms with E-state index in [-0.39, 0.29) is 31.2 Å². The number of amides is 1. The second kappa shape index (κ2) is 9.69. The van der Waals surface area contributed by atoms with E-state index in [1.165, 1.54) is 0 Å². The van der Waals surface area contributed by atoms with Crippen molar-refractivity contribution in [3.05, 3.63) is 47.0 Å². The fourth-order valence-electron chi connectivity index (χ4n) is 5.32. The van der Waals surface area contributed by atoms with Gasteiger partial charge in [-0.05, 0) is 30.1 Å². The van der Waals surface area contributed by atoms with Gasteiger partial charge in [0, 0.05) is 24.7 Å². The number of nitrogens with zero attached hydrogens (tertiary/aromatic N) is 1. The van der Waals surface area contributed by atoms with Crippen molar-refractivity contribution in [2.24, 2.45) is 10.8 Å². The molecule has 0 aromatic heterocycles. The van der Waals surface area contributed by atoms with Gasteiger partial charge in [0.25, 0.3) is 0 Å². The average molecular weight is 492 g/mol. The number of carbonyl (C=O) groups is 1. The molecule has 34 heavy (non-hydrogen) atoms. The third-order valence-corrected chi connectivity index (χ3v) is 6.38. The van der Waals surface area contributed by atoms with Crippen LogP contribution in [0.25, 0.3) is 0 Å². The predicted octanol–water partition coefficient (Wildman–Crippen LogP) is 4.92. The second-order valence-electron chi connectivity index (χ2n) is 10.2. The first-order chi connectivity index (χ1) is 15.7. The Balaban J connectivity index is 1.96. The van der Waals surface area contributed by atoms with Gasteiger partial charge in [-0.3, -0.25) is 4.90 Å². The van der Waals surface area contributed by atoms with Crippen LogP contribution < -0.4 is 5.32 Å². The molecule has 6 nitrogen and oxygen atoms in total. The van der Waals surface area contributed by atoms with E-state index in [4.69, 9.17) is 14.6 Å². The molecule has 1 aliphatic carbocycles. The van der Waals surface area contributed by atoms with Crippen LogP contribution in [0, 0.1) is 39.9 Å². The van der Waals surface area contributed by atoms with Crippen molar-refractivity contribution in [2.75, 3.05) is 19.7 Å². The Morgan fingerprint density at radius 2 is 1.68 bits per heavy atom. The highest BCUT2D eigenvalue weighted by atomic mass is 19.2. The zero-order chi connectivity index (χ0) is 25.4. The summed E-state index contributed by atoms with van der Waals surface area (Å²) in [4.78, 5) is 12.7. The Bertz CT molecular complexity index is 944. The van der Waals surface area contributed by atoms with Crippen molar-refractivity contribution in [2.45, 2.75) is 58.9 Å². The molecule has 1 amide bonds. The molecule has 1 saturated heterocycles. The summed E-state index contributed by atoms with van der Waals surface area (Å²) >= 11 is 0. The lowest BCUT2D eigenvalue weighted by Crippen LogP contribution is -2.51. The fraction of sp³-hybridized carbons (Fsp3) is 0.609. The van der Waals surface area contributed by atoms with Crippen molar-refractivity contribution >= 4 is 6.09 Å². The minimum Gasteiger partial charge on any atom is -0.466 e. The number of halogens is 5. The Morgan fingerprint density at radius 3 is 2.21 bits per heavy atom. The van der Waals surface area contributed by atoms with Crippen LogP contribution in [0.3, 0.4) is 0 Å². The van der Waals surface area contributed by atoms with Crippen LogP contribution in [0.5, 0.6) is 0 Å². The van der Waals surface area contributed by atoms with Gasteiger partial charge in [0.2, 0.25) is 12.1 Å². The van der Waals surface area contributed by atoms with Crippen LogP contribution in [-0.2, 0) is 16.0 Å². The van der Waals surface area contributed by atoms with Gasteiger partial charge in [-0.2, -0.15) is 0 Å². The van der Waals surface area contributed by atoms with Gasteiger partial charge < -0.3 is 19.9 Å². The summed E-state index contributed by atoms with van der Waals surface area (Å²) in [6, 6.07) is -0.389. The number of rotatable bonds is 7. The third kappa shape index (κ3) is 5.80. The van der Waals surface area contributed by atoms with E-state index in [2.05, 4.69) is 11.9 Å². The van der Waals surface area contributed by atoms with Crippen molar-refractivity contribution in [1.82, 2.24) is 10.2 Å². The van der Waals surface area contributed by atoms with Crippen molar-refractivity contribution in [3.8, 4) is 0 Å². The summed E-state index contributed by atoms with van der Waals surface area (Å²) in [6.45, 7) is 9.21. The Kier molecular flexibility index (Phi) is 7.47. The summed E-state index contributed by atoms with van der Waals surface area (Å²) in [5, 5.41) is 11.5. The first-order valence-corrected chi connectivity index (χ1v) is 10.9. The van der Waals surface area contributed by atoms with Crippen molar-refractivity contribution < 1.29 is 41.3 Å². The number of hydrogen-bond acceptors (Lipinski definition) is 4. The highest BCUT2D eigenvalue weighted by molar-refractivity contribution is 5.64. The maximum Gasteiger partial charge on any atom is 0.404 e. The lowest BCUT2D eigenvalue weighted by atomic mass is 9.62. The van der Waals surface area contributed by atoms with Crippen LogP contribution in [0.1, 0.15) is 45.6 Å². The van der Waals surface area contributed by atoms with Gasteiger partial charge in [0.05, 0.1) is 6.54 Å². The molecule has 190 valence electrons. The largest absolute Gasteiger partial charge is 0.466 e. The van der Waals surface area contributed by atoms with E-state index >= 15 is 0 Å². The molecule has 3 unspecified atom stereocenters. The molecule has 3 rings (SSSR count). The van der Waals surface area contributed by atoms with Gasteiger partial charge in [0.15, 0.2) is 23.3 Å². The van der Waals surface area contributed by atoms with E-state index in [0.717, 1.165) is 0 Å². The maximum atomic E-state index is 14.5. The maximum absolute atomic E-state index is 14.5. The molecule has 0 radical (unpaired) electrons. The molecule has 3 atom stereocenters. The van der Waals surface area contributed by atoms with Crippen LogP contribution in [0.4, 0.5) is 26.7 Å². The predicted molar refractivity (Wildman–Crippen MR) is 112 cm³/mol. The SMILES string of the molecule is C=C1COC(CN(Cc2c(F)c(F)c(F)c(F)c2F)C2CC(C)(C)CC(C)(CNC(=O)O)C2)O1. The summed E-state index contributed by atoms with van der Waals surface area (Å²) in [6.07, 6.45) is -0.383. The molecule has 1 aliphatic heterocycles. The zero-order valence-electron chi connectivity index (χ0n) is 19.3. The molecule has 2 fully saturated rings. The van der Waals surface area contributed by atoms with E-state index in [9.17, 15) is 26.7 Å². The highest BCUT2D eigenvalue weighted by Crippen LogP contribution is 2.47. The number of carboxylic acid groups (broad SMARTS) is 1. The second-order valence-corrected chi connectivity index (χ2v) is 10.2. The van der Waals surface area contributed by atoms with E-state index in [1.807, 2.05) is 20.8 Å². The quantitative estimate of drug-likeness (QED) is 0.321. The average Bonchev–Trinajstić information content (AvgIpc) is 3.15. The van der Waals surface area contributed by atoms with Gasteiger partial charge in [-0.15, -0.1) is 0 Å². The number of benzene rings is 1. The molecule has 1 aromatic rings. The normalized spacial score (nSPS) is 26.6. The molecular formula is C23H29F5N2O4. The first-order valence-electron chi connectivity index (χ1n) is 10.9. The molecule has 1 aromatic carbocycles. The fourth-order valence-corrected chi connectivity index (χ4v) is 5.32. The van der Waals surface area contributed by atoms with Crippen LogP contribution >= 0.6 is 0 Å². The molecular weight excluding hydrogens is 463 g/mol. The van der Waals surface area contributed by atoms with Crippen LogP contribution in [0.2, 0.25) is 0 Å². The van der Waals surface area contributed by atoms with E-state index < -0.39 is 59.0 Å². The molecule has 1 saturated carbocycles. The molecule has 1 heterocycles. The molecule has 11 heteroatoms. The molecule has 2 N–H and O–H groups in total. The molecule has 0 spiro atoms. The zero-order valence-corrected chi connectivity index (χ0v) is 19.3. The number of nitrogens with one attached hydrogen (secondary N) is 1. The minimum absolute atomic E-state index is 0.0122. The number of hydrogen-bond donors (Lipinski definition) is 2. The monoisotopic (exact) mass is 492 g/mol. The first kappa shape index (κ1) is 26.2. The van der Waals surface area contributed by atoms with Gasteiger partial charge in [0.1, 0.15) is 12.4 Å². The summed E-state index contributed by atoms with van der Waals surface area (Å²) in [5.41, 5.74) is -1.75.